The lowest BCUT2D eigenvalue weighted by Gasteiger charge is -2.50. The minimum absolute atomic E-state index is 0.327. The molecule has 1 aromatic rings. The fourth-order valence-corrected chi connectivity index (χ4v) is 11.9. The van der Waals surface area contributed by atoms with E-state index in [2.05, 4.69) is 16.2 Å². The Bertz CT molecular complexity index is 2370. The minimum Gasteiger partial charge on any atom is -0.394 e. The highest BCUT2D eigenvalue weighted by Crippen LogP contribution is 2.39. The Morgan fingerprint density at radius 1 is 0.356 bits per heavy atom. The minimum atomic E-state index is -2.22. The van der Waals surface area contributed by atoms with E-state index in [0.29, 0.717) is 18.5 Å². The van der Waals surface area contributed by atoms with Crippen molar-refractivity contribution in [1.82, 2.24) is 15.0 Å². The number of aromatic nitrogens is 3. The number of aliphatic hydroxyl groups is 20. The molecule has 38 nitrogen and oxygen atoms in total. The normalized spacial score (nSPS) is 49.0. The summed E-state index contributed by atoms with van der Waals surface area (Å²) < 4.78 is 88.6. The van der Waals surface area contributed by atoms with Gasteiger partial charge in [0.2, 0.25) is 0 Å². The summed E-state index contributed by atoms with van der Waals surface area (Å²) in [7, 11) is 0. The first-order chi connectivity index (χ1) is 43.1. The lowest BCUT2D eigenvalue weighted by Crippen LogP contribution is -2.68. The van der Waals surface area contributed by atoms with E-state index in [1.165, 1.54) is 4.68 Å². The molecule has 21 fully saturated rings. The Hall–Kier alpha value is -2.70. The smallest absolute Gasteiger partial charge is 0.187 e. The van der Waals surface area contributed by atoms with Gasteiger partial charge >= 0.3 is 0 Å². The number of ether oxygens (including phenoxy) is 15. The molecule has 0 radical (unpaired) electrons. The number of hydrogen-bond acceptors (Lipinski definition) is 37. The van der Waals surface area contributed by atoms with Crippen molar-refractivity contribution >= 4 is 0 Å². The summed E-state index contributed by atoms with van der Waals surface area (Å²) >= 11 is 0. The molecule has 38 heteroatoms. The number of hydrogen-bond donors (Lipinski definition) is 20. The monoisotopic (exact) mass is 1310 g/mol. The van der Waals surface area contributed by atoms with Crippen molar-refractivity contribution < 1.29 is 173 Å². The molecule has 14 bridgehead atoms. The van der Waals surface area contributed by atoms with E-state index in [4.69, 9.17) is 77.5 Å². The quantitative estimate of drug-likeness (QED) is 0.0573. The van der Waals surface area contributed by atoms with Gasteiger partial charge in [0.25, 0.3) is 0 Å². The molecule has 21 aliphatic heterocycles. The summed E-state index contributed by atoms with van der Waals surface area (Å²) in [5.74, 6) is 2.58. The van der Waals surface area contributed by atoms with Crippen molar-refractivity contribution in [2.24, 2.45) is 0 Å². The summed E-state index contributed by atoms with van der Waals surface area (Å²) in [6.45, 7) is -7.25. The number of terminal acetylenes is 1. The van der Waals surface area contributed by atoms with E-state index >= 15 is 0 Å². The topological polar surface area (TPSA) is 574 Å². The van der Waals surface area contributed by atoms with Crippen LogP contribution in [0.2, 0.25) is 0 Å². The molecule has 22 rings (SSSR count). The predicted octanol–water partition coefficient (Wildman–Crippen LogP) is -13.2. The Morgan fingerprint density at radius 2 is 0.611 bits per heavy atom. The molecule has 0 spiro atoms. The van der Waals surface area contributed by atoms with Gasteiger partial charge in [-0.25, -0.2) is 4.68 Å². The molecule has 22 heterocycles. The van der Waals surface area contributed by atoms with Crippen molar-refractivity contribution in [1.29, 1.82) is 0 Å². The third kappa shape index (κ3) is 15.3. The van der Waals surface area contributed by atoms with Gasteiger partial charge in [-0.2, -0.15) is 0 Å². The van der Waals surface area contributed by atoms with Gasteiger partial charge in [0.1, 0.15) is 178 Å². The van der Waals surface area contributed by atoms with Gasteiger partial charge in [0, 0.05) is 6.42 Å². The van der Waals surface area contributed by atoms with E-state index in [1.807, 2.05) is 0 Å². The molecular weight excluding hydrogens is 1230 g/mol. The number of nitrogens with zero attached hydrogens (tertiary/aromatic N) is 3. The zero-order chi connectivity index (χ0) is 65.0. The molecule has 21 saturated heterocycles. The van der Waals surface area contributed by atoms with Gasteiger partial charge in [-0.1, -0.05) is 11.6 Å². The zero-order valence-corrected chi connectivity index (χ0v) is 48.0. The summed E-state index contributed by atoms with van der Waals surface area (Å²) in [4.78, 5) is 0. The number of unbranched alkanes of at least 4 members (excludes halogenated alkanes) is 3. The molecule has 0 amide bonds. The molecule has 35 atom stereocenters. The van der Waals surface area contributed by atoms with Gasteiger partial charge in [-0.3, -0.25) is 0 Å². The first-order valence-electron chi connectivity index (χ1n) is 29.4. The van der Waals surface area contributed by atoms with Gasteiger partial charge in [-0.15, -0.1) is 17.4 Å². The van der Waals surface area contributed by atoms with Crippen molar-refractivity contribution in [3.8, 4) is 12.3 Å². The van der Waals surface area contributed by atoms with Crippen molar-refractivity contribution in [2.45, 2.75) is 254 Å². The van der Waals surface area contributed by atoms with Crippen molar-refractivity contribution in [3.05, 3.63) is 11.9 Å². The van der Waals surface area contributed by atoms with Crippen molar-refractivity contribution in [3.63, 3.8) is 0 Å². The number of rotatable bonds is 15. The third-order valence-corrected chi connectivity index (χ3v) is 16.9. The van der Waals surface area contributed by atoms with Crippen LogP contribution in [0.3, 0.4) is 0 Å². The first-order valence-corrected chi connectivity index (χ1v) is 29.4. The highest BCUT2D eigenvalue weighted by atomic mass is 16.8. The molecule has 0 aromatic carbocycles. The fraction of sp³-hybridized carbons (Fsp3) is 0.923. The van der Waals surface area contributed by atoms with Crippen LogP contribution >= 0.6 is 0 Å². The average molecular weight is 1310 g/mol. The lowest BCUT2D eigenvalue weighted by atomic mass is 9.95. The van der Waals surface area contributed by atoms with E-state index in [9.17, 15) is 102 Å². The van der Waals surface area contributed by atoms with Crippen LogP contribution < -0.4 is 0 Å². The number of aryl methyl sites for hydroxylation is 1. The molecule has 516 valence electrons. The van der Waals surface area contributed by atoms with E-state index in [1.54, 1.807) is 6.20 Å². The average Bonchev–Trinajstić information content (AvgIpc) is 0.866. The summed E-state index contributed by atoms with van der Waals surface area (Å²) in [5.41, 5.74) is 0.606. The second-order valence-corrected chi connectivity index (χ2v) is 23.0. The molecule has 0 unspecified atom stereocenters. The first kappa shape index (κ1) is 71.6. The van der Waals surface area contributed by atoms with Gasteiger partial charge in [-0.05, 0) is 19.3 Å². The Kier molecular flexibility index (Phi) is 25.4. The maximum atomic E-state index is 11.9. The predicted molar refractivity (Wildman–Crippen MR) is 278 cm³/mol. The molecule has 20 N–H and O–H groups in total. The highest BCUT2D eigenvalue weighted by molar-refractivity contribution is 5.02. The summed E-state index contributed by atoms with van der Waals surface area (Å²) in [5, 5.41) is 232. The van der Waals surface area contributed by atoms with E-state index in [0.717, 1.165) is 19.3 Å². The van der Waals surface area contributed by atoms with E-state index in [-0.39, 0.29) is 6.73 Å². The van der Waals surface area contributed by atoms with Crippen LogP contribution in [0.15, 0.2) is 6.20 Å². The van der Waals surface area contributed by atoms with Crippen LogP contribution in [0.5, 0.6) is 0 Å². The van der Waals surface area contributed by atoms with Crippen LogP contribution in [0.1, 0.15) is 31.4 Å². The number of aliphatic hydroxyl groups excluding tert-OH is 20. The molecular formula is C52H83N3O35. The molecule has 0 saturated carbocycles. The Balaban J connectivity index is 0.996. The van der Waals surface area contributed by atoms with Crippen molar-refractivity contribution in [2.75, 3.05) is 46.2 Å². The van der Waals surface area contributed by atoms with Crippen LogP contribution in [0.25, 0.3) is 0 Å². The summed E-state index contributed by atoms with van der Waals surface area (Å²) in [6.07, 6.45) is -60.0. The standard InChI is InChI=1S/C52H83N3O35/c1-2-3-4-5-6-7-17-8-55(54-53-17)16-76-15-24-45-31(68)38(75)52(83-24)89-44-23(14-61)81-50(36(73)29(44)66)87-42-21(12-59)79-48(34(71)27(42)64)85-40-19(10-57)77-46(32(69)25(40)62)84-39-18(9-56)78-47(33(70)26(39)63)86-41-20(11-58)80-49(35(72)28(41)65)88-43-22(13-60)82-51(90-45)37(74)30(43)67/h1,8,18-52,56-75H,3-7,9-16H2/t18-,19-,20-,21-,22-,23-,24-,25-,26-,27-,28-,29-,30-,31-,32-,33-,34-,35-,36-,37-,38-,39-,40-,41-,42-,43-,44-,45-,46-,47-,48-,49-,50-,51-,52-/m1/s1. The largest absolute Gasteiger partial charge is 0.394 e. The van der Waals surface area contributed by atoms with E-state index < -0.39 is 261 Å². The fourth-order valence-electron chi connectivity index (χ4n) is 11.9. The molecule has 90 heavy (non-hydrogen) atoms. The zero-order valence-electron chi connectivity index (χ0n) is 48.0. The van der Waals surface area contributed by atoms with Crippen LogP contribution in [-0.2, 0) is 84.2 Å². The Labute approximate surface area is 511 Å². The highest BCUT2D eigenvalue weighted by Gasteiger charge is 2.59. The maximum absolute atomic E-state index is 11.9. The van der Waals surface area contributed by atoms with Gasteiger partial charge < -0.3 is 173 Å². The van der Waals surface area contributed by atoms with Crippen LogP contribution in [0, 0.1) is 12.3 Å². The second kappa shape index (κ2) is 31.9. The second-order valence-electron chi connectivity index (χ2n) is 23.0. The van der Waals surface area contributed by atoms with Crippen LogP contribution in [-0.4, -0.2) is 378 Å². The lowest BCUT2D eigenvalue weighted by molar-refractivity contribution is -0.397. The Morgan fingerprint density at radius 3 is 0.867 bits per heavy atom. The maximum Gasteiger partial charge on any atom is 0.187 e. The summed E-state index contributed by atoms with van der Waals surface area (Å²) in [6, 6.07) is 0. The molecule has 1 aromatic heterocycles. The SMILES string of the molecule is C#CCCCCCc1cn(COC[C@H]2O[C@@H]3O[C@H]4[C@H](O)[C@@H](O)[C@@H](O[C@H]5[C@H](O)[C@@H](O)[C@@H](O[C@H]6[C@H](O)[C@@H](O)[C@@H](O[C@H]7[C@H](O)[C@@H](O)[C@@H](O[C@H]8[C@H](O)[C@@H](O)[C@@H](O[C@H]9[C@H](O)[C@@H](O)[C@@H](O[C@H]2[C@H](O)[C@H]3O)O[C@@H]9CO)O[C@@H]8CO)O[C@@H]7CO)O[C@@H]6CO)O[C@@H]5CO)O[C@@H]4CO)nn1. The van der Waals surface area contributed by atoms with Gasteiger partial charge in [0.15, 0.2) is 44.0 Å². The van der Waals surface area contributed by atoms with Crippen LogP contribution in [0.4, 0.5) is 0 Å². The molecule has 21 aliphatic rings. The van der Waals surface area contributed by atoms with Gasteiger partial charge in [0.05, 0.1) is 58.1 Å². The molecule has 0 aliphatic carbocycles. The third-order valence-electron chi connectivity index (χ3n) is 16.9.